The van der Waals surface area contributed by atoms with Gasteiger partial charge in [0.1, 0.15) is 5.82 Å². The van der Waals surface area contributed by atoms with E-state index in [1.54, 1.807) is 12.1 Å². The number of fused-ring (bicyclic) bond motifs is 1. The van der Waals surface area contributed by atoms with Gasteiger partial charge in [-0.15, -0.1) is 0 Å². The molecule has 0 saturated heterocycles. The molecule has 0 unspecified atom stereocenters. The average molecular weight is 313 g/mol. The molecule has 3 rings (SSSR count). The lowest BCUT2D eigenvalue weighted by molar-refractivity contribution is -0.119. The summed E-state index contributed by atoms with van der Waals surface area (Å²) in [4.78, 5) is 14.2. The van der Waals surface area contributed by atoms with Crippen molar-refractivity contribution in [1.82, 2.24) is 5.32 Å². The van der Waals surface area contributed by atoms with Gasteiger partial charge >= 0.3 is 0 Å². The fourth-order valence-corrected chi connectivity index (χ4v) is 2.74. The van der Waals surface area contributed by atoms with Crippen LogP contribution in [0.4, 0.5) is 15.8 Å². The van der Waals surface area contributed by atoms with Crippen molar-refractivity contribution >= 4 is 17.3 Å². The van der Waals surface area contributed by atoms with Crippen LogP contribution >= 0.6 is 0 Å². The molecule has 1 aliphatic heterocycles. The number of nitrogens with one attached hydrogen (secondary N) is 2. The van der Waals surface area contributed by atoms with Gasteiger partial charge in [-0.25, -0.2) is 4.39 Å². The summed E-state index contributed by atoms with van der Waals surface area (Å²) in [5.74, 6) is -0.237. The summed E-state index contributed by atoms with van der Waals surface area (Å²) in [6, 6.07) is 14.4. The third-order valence-electron chi connectivity index (χ3n) is 3.93. The number of hydrogen-bond donors (Lipinski definition) is 2. The number of para-hydroxylation sites is 2. The van der Waals surface area contributed by atoms with Gasteiger partial charge in [0.05, 0.1) is 17.9 Å². The van der Waals surface area contributed by atoms with Gasteiger partial charge in [-0.2, -0.15) is 0 Å². The normalized spacial score (nSPS) is 13.2. The third-order valence-corrected chi connectivity index (χ3v) is 3.93. The van der Waals surface area contributed by atoms with Crippen molar-refractivity contribution in [2.45, 2.75) is 6.42 Å². The second-order valence-corrected chi connectivity index (χ2v) is 5.59. The van der Waals surface area contributed by atoms with E-state index >= 15 is 0 Å². The number of halogens is 1. The molecule has 0 saturated carbocycles. The second-order valence-electron chi connectivity index (χ2n) is 5.59. The van der Waals surface area contributed by atoms with Crippen molar-refractivity contribution < 1.29 is 9.18 Å². The molecular formula is C18H20FN3O. The van der Waals surface area contributed by atoms with Gasteiger partial charge in [-0.1, -0.05) is 24.3 Å². The maximum absolute atomic E-state index is 12.8. The minimum absolute atomic E-state index is 0.00353. The highest BCUT2D eigenvalue weighted by Crippen LogP contribution is 2.27. The largest absolute Gasteiger partial charge is 0.382 e. The van der Waals surface area contributed by atoms with Crippen molar-refractivity contribution in [2.24, 2.45) is 0 Å². The smallest absolute Gasteiger partial charge is 0.239 e. The van der Waals surface area contributed by atoms with E-state index in [0.717, 1.165) is 30.0 Å². The molecular weight excluding hydrogens is 293 g/mol. The number of rotatable bonds is 5. The van der Waals surface area contributed by atoms with E-state index in [2.05, 4.69) is 15.5 Å². The minimum Gasteiger partial charge on any atom is -0.382 e. The molecule has 1 aliphatic rings. The Hall–Kier alpha value is -2.56. The summed E-state index contributed by atoms with van der Waals surface area (Å²) in [6.45, 7) is 2.54. The number of nitrogens with zero attached hydrogens (tertiary/aromatic N) is 1. The Morgan fingerprint density at radius 2 is 1.96 bits per heavy atom. The first-order valence-electron chi connectivity index (χ1n) is 7.81. The molecule has 120 valence electrons. The molecule has 1 heterocycles. The predicted octanol–water partition coefficient (Wildman–Crippen LogP) is 2.42. The summed E-state index contributed by atoms with van der Waals surface area (Å²) in [6.07, 6.45) is 0.699. The Bertz CT molecular complexity index is 672. The van der Waals surface area contributed by atoms with Crippen LogP contribution in [0.5, 0.6) is 0 Å². The van der Waals surface area contributed by atoms with Crippen LogP contribution in [0.25, 0.3) is 0 Å². The molecule has 0 spiro atoms. The molecule has 23 heavy (non-hydrogen) atoms. The van der Waals surface area contributed by atoms with Gasteiger partial charge < -0.3 is 15.5 Å². The Labute approximate surface area is 135 Å². The van der Waals surface area contributed by atoms with E-state index < -0.39 is 0 Å². The molecule has 0 aromatic heterocycles. The average Bonchev–Trinajstić information content (AvgIpc) is 2.57. The fraction of sp³-hybridized carbons (Fsp3) is 0.278. The SMILES string of the molecule is O=C(CN1CCNc2ccccc21)NCCc1ccc(F)cc1. The van der Waals surface area contributed by atoms with Gasteiger partial charge in [0.15, 0.2) is 0 Å². The molecule has 0 fully saturated rings. The first-order chi connectivity index (χ1) is 11.2. The Balaban J connectivity index is 1.49. The van der Waals surface area contributed by atoms with Crippen molar-refractivity contribution in [1.29, 1.82) is 0 Å². The lowest BCUT2D eigenvalue weighted by Crippen LogP contribution is -2.42. The van der Waals surface area contributed by atoms with E-state index in [1.165, 1.54) is 12.1 Å². The number of amides is 1. The Morgan fingerprint density at radius 1 is 1.17 bits per heavy atom. The van der Waals surface area contributed by atoms with Crippen LogP contribution in [0.3, 0.4) is 0 Å². The van der Waals surface area contributed by atoms with Crippen molar-refractivity contribution in [3.05, 3.63) is 59.9 Å². The number of anilines is 2. The van der Waals surface area contributed by atoms with Gasteiger partial charge in [-0.05, 0) is 36.2 Å². The molecule has 0 radical (unpaired) electrons. The number of carbonyl (C=O) groups excluding carboxylic acids is 1. The maximum Gasteiger partial charge on any atom is 0.239 e. The summed E-state index contributed by atoms with van der Waals surface area (Å²) in [5.41, 5.74) is 3.14. The topological polar surface area (TPSA) is 44.4 Å². The van der Waals surface area contributed by atoms with Crippen LogP contribution in [-0.4, -0.2) is 32.1 Å². The van der Waals surface area contributed by atoms with Crippen LogP contribution in [0, 0.1) is 5.82 Å². The van der Waals surface area contributed by atoms with Crippen LogP contribution < -0.4 is 15.5 Å². The molecule has 0 atom stereocenters. The molecule has 2 N–H and O–H groups in total. The van der Waals surface area contributed by atoms with E-state index in [0.29, 0.717) is 19.5 Å². The third kappa shape index (κ3) is 4.00. The maximum atomic E-state index is 12.8. The van der Waals surface area contributed by atoms with Gasteiger partial charge in [0.25, 0.3) is 0 Å². The first-order valence-corrected chi connectivity index (χ1v) is 7.81. The summed E-state index contributed by atoms with van der Waals surface area (Å²) >= 11 is 0. The van der Waals surface area contributed by atoms with Crippen molar-refractivity contribution in [2.75, 3.05) is 36.4 Å². The van der Waals surface area contributed by atoms with E-state index in [-0.39, 0.29) is 11.7 Å². The van der Waals surface area contributed by atoms with Crippen molar-refractivity contribution in [3.63, 3.8) is 0 Å². The second kappa shape index (κ2) is 7.13. The standard InChI is InChI=1S/C18H20FN3O/c19-15-7-5-14(6-8-15)9-10-21-18(23)13-22-12-11-20-16-3-1-2-4-17(16)22/h1-8,20H,9-13H2,(H,21,23). The zero-order chi connectivity index (χ0) is 16.1. The number of benzene rings is 2. The zero-order valence-corrected chi connectivity index (χ0v) is 12.9. The van der Waals surface area contributed by atoms with Gasteiger partial charge in [-0.3, -0.25) is 4.79 Å². The van der Waals surface area contributed by atoms with E-state index in [1.807, 2.05) is 24.3 Å². The monoisotopic (exact) mass is 313 g/mol. The molecule has 2 aromatic rings. The molecule has 0 aliphatic carbocycles. The minimum atomic E-state index is -0.241. The van der Waals surface area contributed by atoms with Crippen LogP contribution in [0.1, 0.15) is 5.56 Å². The van der Waals surface area contributed by atoms with Crippen molar-refractivity contribution in [3.8, 4) is 0 Å². The van der Waals surface area contributed by atoms with Crippen LogP contribution in [0.2, 0.25) is 0 Å². The molecule has 5 heteroatoms. The quantitative estimate of drug-likeness (QED) is 0.891. The molecule has 0 bridgehead atoms. The van der Waals surface area contributed by atoms with Crippen LogP contribution in [-0.2, 0) is 11.2 Å². The molecule has 2 aromatic carbocycles. The van der Waals surface area contributed by atoms with Gasteiger partial charge in [0, 0.05) is 19.6 Å². The Kier molecular flexibility index (Phi) is 4.76. The number of hydrogen-bond acceptors (Lipinski definition) is 3. The van der Waals surface area contributed by atoms with Gasteiger partial charge in [0.2, 0.25) is 5.91 Å². The molecule has 1 amide bonds. The first kappa shape index (κ1) is 15.3. The molecule has 4 nitrogen and oxygen atoms in total. The van der Waals surface area contributed by atoms with E-state index in [4.69, 9.17) is 0 Å². The fourth-order valence-electron chi connectivity index (χ4n) is 2.74. The summed E-state index contributed by atoms with van der Waals surface area (Å²) < 4.78 is 12.8. The zero-order valence-electron chi connectivity index (χ0n) is 12.9. The highest BCUT2D eigenvalue weighted by Gasteiger charge is 2.17. The lowest BCUT2D eigenvalue weighted by atomic mass is 10.1. The lowest BCUT2D eigenvalue weighted by Gasteiger charge is -2.31. The number of carbonyl (C=O) groups is 1. The summed E-state index contributed by atoms with van der Waals surface area (Å²) in [7, 11) is 0. The highest BCUT2D eigenvalue weighted by atomic mass is 19.1. The Morgan fingerprint density at radius 3 is 2.78 bits per heavy atom. The van der Waals surface area contributed by atoms with E-state index in [9.17, 15) is 9.18 Å². The summed E-state index contributed by atoms with van der Waals surface area (Å²) in [5, 5.41) is 6.26. The predicted molar refractivity (Wildman–Crippen MR) is 90.3 cm³/mol. The highest BCUT2D eigenvalue weighted by molar-refractivity contribution is 5.84. The van der Waals surface area contributed by atoms with Crippen LogP contribution in [0.15, 0.2) is 48.5 Å².